The molecule has 0 spiro atoms. The minimum absolute atomic E-state index is 0.0336. The van der Waals surface area contributed by atoms with E-state index in [1.54, 1.807) is 12.1 Å². The first-order valence-electron chi connectivity index (χ1n) is 5.33. The fraction of sp³-hybridized carbons (Fsp3) is 0.500. The normalized spacial score (nSPS) is 29.9. The first-order chi connectivity index (χ1) is 7.41. The highest BCUT2D eigenvalue weighted by atomic mass is 19.4. The van der Waals surface area contributed by atoms with Crippen molar-refractivity contribution in [2.75, 3.05) is 0 Å². The van der Waals surface area contributed by atoms with Crippen LogP contribution in [0.3, 0.4) is 0 Å². The Labute approximate surface area is 92.5 Å². The second-order valence-electron chi connectivity index (χ2n) is 4.45. The van der Waals surface area contributed by atoms with E-state index in [1.165, 1.54) is 6.07 Å². The molecule has 1 aromatic rings. The molecule has 1 saturated carbocycles. The molecule has 0 bridgehead atoms. The molecule has 0 aromatic heterocycles. The molecule has 0 aliphatic heterocycles. The Morgan fingerprint density at radius 3 is 2.38 bits per heavy atom. The van der Waals surface area contributed by atoms with Gasteiger partial charge in [-0.05, 0) is 29.9 Å². The van der Waals surface area contributed by atoms with Gasteiger partial charge in [-0.1, -0.05) is 25.1 Å². The summed E-state index contributed by atoms with van der Waals surface area (Å²) in [5, 5.41) is 0. The number of rotatable bonds is 1. The lowest BCUT2D eigenvalue weighted by atomic mass is 9.66. The molecule has 3 unspecified atom stereocenters. The molecule has 0 heterocycles. The van der Waals surface area contributed by atoms with Gasteiger partial charge in [0, 0.05) is 6.04 Å². The molecule has 16 heavy (non-hydrogen) atoms. The Balaban J connectivity index is 2.35. The van der Waals surface area contributed by atoms with Gasteiger partial charge in [0.2, 0.25) is 0 Å². The maximum atomic E-state index is 12.8. The number of nitrogens with two attached hydrogens (primary N) is 1. The van der Waals surface area contributed by atoms with Gasteiger partial charge in [0.05, 0.1) is 5.56 Å². The Hall–Kier alpha value is -1.03. The smallest absolute Gasteiger partial charge is 0.327 e. The number of halogens is 3. The van der Waals surface area contributed by atoms with Gasteiger partial charge in [-0.2, -0.15) is 13.2 Å². The van der Waals surface area contributed by atoms with Gasteiger partial charge in [0.25, 0.3) is 0 Å². The summed E-state index contributed by atoms with van der Waals surface area (Å²) in [7, 11) is 0. The molecule has 1 fully saturated rings. The third-order valence-electron chi connectivity index (χ3n) is 3.50. The van der Waals surface area contributed by atoms with Gasteiger partial charge in [0.1, 0.15) is 0 Å². The fourth-order valence-corrected chi connectivity index (χ4v) is 2.31. The van der Waals surface area contributed by atoms with E-state index in [0.29, 0.717) is 12.0 Å². The molecule has 2 rings (SSSR count). The van der Waals surface area contributed by atoms with E-state index in [9.17, 15) is 13.2 Å². The topological polar surface area (TPSA) is 26.0 Å². The summed E-state index contributed by atoms with van der Waals surface area (Å²) in [6.45, 7) is 1.91. The second kappa shape index (κ2) is 3.77. The van der Waals surface area contributed by atoms with E-state index in [-0.39, 0.29) is 17.9 Å². The van der Waals surface area contributed by atoms with Crippen LogP contribution in [-0.4, -0.2) is 6.04 Å². The first kappa shape index (κ1) is 11.5. The predicted molar refractivity (Wildman–Crippen MR) is 55.9 cm³/mol. The van der Waals surface area contributed by atoms with Crippen molar-refractivity contribution in [3.63, 3.8) is 0 Å². The molecule has 2 N–H and O–H groups in total. The monoisotopic (exact) mass is 229 g/mol. The molecular formula is C12H14F3N. The Kier molecular flexibility index (Phi) is 2.70. The van der Waals surface area contributed by atoms with E-state index in [4.69, 9.17) is 5.73 Å². The number of alkyl halides is 3. The highest BCUT2D eigenvalue weighted by molar-refractivity contribution is 5.35. The Bertz CT molecular complexity index is 386. The molecule has 3 atom stereocenters. The van der Waals surface area contributed by atoms with Crippen LogP contribution in [0.15, 0.2) is 24.3 Å². The van der Waals surface area contributed by atoms with Crippen molar-refractivity contribution in [1.29, 1.82) is 0 Å². The SMILES string of the molecule is CC1C(N)CC1c1ccccc1C(F)(F)F. The minimum atomic E-state index is -4.27. The lowest BCUT2D eigenvalue weighted by Crippen LogP contribution is -2.44. The van der Waals surface area contributed by atoms with E-state index in [2.05, 4.69) is 0 Å². The highest BCUT2D eigenvalue weighted by Gasteiger charge is 2.41. The number of hydrogen-bond donors (Lipinski definition) is 1. The van der Waals surface area contributed by atoms with E-state index in [0.717, 1.165) is 6.07 Å². The summed E-state index contributed by atoms with van der Waals surface area (Å²) in [6, 6.07) is 5.82. The third kappa shape index (κ3) is 1.82. The largest absolute Gasteiger partial charge is 0.416 e. The molecule has 88 valence electrons. The van der Waals surface area contributed by atoms with Crippen LogP contribution in [0.1, 0.15) is 30.4 Å². The van der Waals surface area contributed by atoms with Crippen molar-refractivity contribution in [3.8, 4) is 0 Å². The van der Waals surface area contributed by atoms with Crippen LogP contribution in [0.2, 0.25) is 0 Å². The molecule has 0 amide bonds. The summed E-state index contributed by atoms with van der Waals surface area (Å²) in [6.07, 6.45) is -3.62. The van der Waals surface area contributed by atoms with Crippen LogP contribution in [-0.2, 0) is 6.18 Å². The summed E-state index contributed by atoms with van der Waals surface area (Å²) < 4.78 is 38.3. The van der Waals surface area contributed by atoms with Gasteiger partial charge in [-0.25, -0.2) is 0 Å². The van der Waals surface area contributed by atoms with Crippen LogP contribution in [0, 0.1) is 5.92 Å². The standard InChI is InChI=1S/C12H14F3N/c1-7-9(6-11(7)16)8-4-2-3-5-10(8)12(13,14)15/h2-5,7,9,11H,6,16H2,1H3. The number of benzene rings is 1. The summed E-state index contributed by atoms with van der Waals surface area (Å²) in [5.41, 5.74) is 5.61. The zero-order valence-corrected chi connectivity index (χ0v) is 8.96. The van der Waals surface area contributed by atoms with Gasteiger partial charge in [-0.15, -0.1) is 0 Å². The molecule has 1 aliphatic rings. The molecule has 1 aromatic carbocycles. The third-order valence-corrected chi connectivity index (χ3v) is 3.50. The zero-order valence-electron chi connectivity index (χ0n) is 8.96. The van der Waals surface area contributed by atoms with Crippen molar-refractivity contribution in [3.05, 3.63) is 35.4 Å². The van der Waals surface area contributed by atoms with Gasteiger partial charge >= 0.3 is 6.18 Å². The van der Waals surface area contributed by atoms with E-state index < -0.39 is 11.7 Å². The predicted octanol–water partition coefficient (Wildman–Crippen LogP) is 3.16. The lowest BCUT2D eigenvalue weighted by Gasteiger charge is -2.41. The molecule has 0 saturated heterocycles. The molecule has 0 radical (unpaired) electrons. The average molecular weight is 229 g/mol. The second-order valence-corrected chi connectivity index (χ2v) is 4.45. The van der Waals surface area contributed by atoms with Crippen LogP contribution >= 0.6 is 0 Å². The van der Waals surface area contributed by atoms with Gasteiger partial charge < -0.3 is 5.73 Å². The van der Waals surface area contributed by atoms with Gasteiger partial charge in [0.15, 0.2) is 0 Å². The van der Waals surface area contributed by atoms with E-state index >= 15 is 0 Å². The van der Waals surface area contributed by atoms with Crippen molar-refractivity contribution in [1.82, 2.24) is 0 Å². The molecule has 1 aliphatic carbocycles. The molecule has 4 heteroatoms. The summed E-state index contributed by atoms with van der Waals surface area (Å²) in [4.78, 5) is 0. The summed E-state index contributed by atoms with van der Waals surface area (Å²) in [5.74, 6) is 0.0799. The highest BCUT2D eigenvalue weighted by Crippen LogP contribution is 2.45. The van der Waals surface area contributed by atoms with Crippen LogP contribution in [0.4, 0.5) is 13.2 Å². The fourth-order valence-electron chi connectivity index (χ4n) is 2.31. The van der Waals surface area contributed by atoms with Gasteiger partial charge in [-0.3, -0.25) is 0 Å². The minimum Gasteiger partial charge on any atom is -0.327 e. The van der Waals surface area contributed by atoms with Crippen molar-refractivity contribution in [2.24, 2.45) is 11.7 Å². The first-order valence-corrected chi connectivity index (χ1v) is 5.33. The maximum absolute atomic E-state index is 12.8. The van der Waals surface area contributed by atoms with Crippen molar-refractivity contribution < 1.29 is 13.2 Å². The van der Waals surface area contributed by atoms with Crippen molar-refractivity contribution >= 4 is 0 Å². The van der Waals surface area contributed by atoms with Crippen LogP contribution in [0.25, 0.3) is 0 Å². The zero-order chi connectivity index (χ0) is 11.9. The average Bonchev–Trinajstić information content (AvgIpc) is 2.24. The van der Waals surface area contributed by atoms with E-state index in [1.807, 2.05) is 6.92 Å². The van der Waals surface area contributed by atoms with Crippen molar-refractivity contribution in [2.45, 2.75) is 31.5 Å². The Morgan fingerprint density at radius 1 is 1.25 bits per heavy atom. The number of hydrogen-bond acceptors (Lipinski definition) is 1. The van der Waals surface area contributed by atoms with Crippen LogP contribution in [0.5, 0.6) is 0 Å². The lowest BCUT2D eigenvalue weighted by molar-refractivity contribution is -0.138. The Morgan fingerprint density at radius 2 is 1.88 bits per heavy atom. The quantitative estimate of drug-likeness (QED) is 0.786. The maximum Gasteiger partial charge on any atom is 0.416 e. The molecule has 1 nitrogen and oxygen atoms in total. The molecular weight excluding hydrogens is 215 g/mol. The van der Waals surface area contributed by atoms with Crippen LogP contribution < -0.4 is 5.73 Å². The summed E-state index contributed by atoms with van der Waals surface area (Å²) >= 11 is 0.